The smallest absolute Gasteiger partial charge is 0.339 e. The number of aromatic carboxylic acids is 1. The second-order valence-electron chi connectivity index (χ2n) is 6.60. The molecule has 0 unspecified atom stereocenters. The molecule has 0 fully saturated rings. The van der Waals surface area contributed by atoms with E-state index in [0.717, 1.165) is 17.4 Å². The van der Waals surface area contributed by atoms with Crippen LogP contribution in [-0.4, -0.2) is 30.7 Å². The standard InChI is InChI=1S/C21H21N3O4S/c1-29(27,28)23-18-12-19(21(25)26)20(22-13-18)24(14-16-8-4-2-5-9-16)15-17-10-6-3-7-11-17/h2-13,23H,14-15H2,1H3,(H,25,26). The van der Waals surface area contributed by atoms with Gasteiger partial charge in [-0.05, 0) is 17.2 Å². The second-order valence-corrected chi connectivity index (χ2v) is 8.35. The Hall–Kier alpha value is -3.39. The van der Waals surface area contributed by atoms with Gasteiger partial charge in [0.1, 0.15) is 11.4 Å². The minimum Gasteiger partial charge on any atom is -0.478 e. The van der Waals surface area contributed by atoms with E-state index in [0.29, 0.717) is 13.1 Å². The highest BCUT2D eigenvalue weighted by molar-refractivity contribution is 7.92. The lowest BCUT2D eigenvalue weighted by Gasteiger charge is -2.26. The van der Waals surface area contributed by atoms with E-state index >= 15 is 0 Å². The monoisotopic (exact) mass is 411 g/mol. The molecule has 0 aliphatic heterocycles. The summed E-state index contributed by atoms with van der Waals surface area (Å²) in [6.07, 6.45) is 2.32. The number of carbonyl (C=O) groups is 1. The van der Waals surface area contributed by atoms with Crippen molar-refractivity contribution in [3.63, 3.8) is 0 Å². The highest BCUT2D eigenvalue weighted by atomic mass is 32.2. The van der Waals surface area contributed by atoms with Crippen molar-refractivity contribution in [3.8, 4) is 0 Å². The van der Waals surface area contributed by atoms with E-state index in [-0.39, 0.29) is 17.1 Å². The Morgan fingerprint density at radius 1 is 1.00 bits per heavy atom. The molecular formula is C21H21N3O4S. The number of carboxylic acid groups (broad SMARTS) is 1. The van der Waals surface area contributed by atoms with Crippen LogP contribution in [0.25, 0.3) is 0 Å². The number of nitrogens with zero attached hydrogens (tertiary/aromatic N) is 2. The van der Waals surface area contributed by atoms with Gasteiger partial charge in [-0.2, -0.15) is 0 Å². The van der Waals surface area contributed by atoms with Crippen molar-refractivity contribution < 1.29 is 18.3 Å². The van der Waals surface area contributed by atoms with Crippen molar-refractivity contribution in [2.75, 3.05) is 15.9 Å². The van der Waals surface area contributed by atoms with Crippen molar-refractivity contribution >= 4 is 27.5 Å². The van der Waals surface area contributed by atoms with Crippen LogP contribution in [0.3, 0.4) is 0 Å². The first-order valence-corrected chi connectivity index (χ1v) is 10.7. The molecule has 2 aromatic carbocycles. The largest absolute Gasteiger partial charge is 0.478 e. The molecule has 0 amide bonds. The predicted molar refractivity (Wildman–Crippen MR) is 112 cm³/mol. The fraction of sp³-hybridized carbons (Fsp3) is 0.143. The van der Waals surface area contributed by atoms with Crippen molar-refractivity contribution in [3.05, 3.63) is 89.6 Å². The molecule has 0 aliphatic carbocycles. The van der Waals surface area contributed by atoms with Gasteiger partial charge < -0.3 is 10.0 Å². The number of aromatic nitrogens is 1. The normalized spacial score (nSPS) is 11.1. The zero-order valence-corrected chi connectivity index (χ0v) is 16.6. The fourth-order valence-electron chi connectivity index (χ4n) is 2.95. The van der Waals surface area contributed by atoms with Crippen LogP contribution >= 0.6 is 0 Å². The Labute approximate surface area is 169 Å². The number of hydrogen-bond acceptors (Lipinski definition) is 5. The van der Waals surface area contributed by atoms with E-state index in [4.69, 9.17) is 0 Å². The minimum absolute atomic E-state index is 0.0782. The molecular weight excluding hydrogens is 390 g/mol. The minimum atomic E-state index is -3.55. The lowest BCUT2D eigenvalue weighted by molar-refractivity contribution is 0.0697. The average Bonchev–Trinajstić information content (AvgIpc) is 2.68. The van der Waals surface area contributed by atoms with Gasteiger partial charge in [0.15, 0.2) is 0 Å². The van der Waals surface area contributed by atoms with Gasteiger partial charge in [0.25, 0.3) is 0 Å². The quantitative estimate of drug-likeness (QED) is 0.590. The molecule has 0 spiro atoms. The molecule has 0 bridgehead atoms. The molecule has 1 aromatic heterocycles. The molecule has 0 aliphatic rings. The number of anilines is 2. The Morgan fingerprint density at radius 3 is 1.97 bits per heavy atom. The van der Waals surface area contributed by atoms with Gasteiger partial charge in [0, 0.05) is 13.1 Å². The first kappa shape index (κ1) is 20.3. The molecule has 8 heteroatoms. The molecule has 0 saturated heterocycles. The van der Waals surface area contributed by atoms with Crippen molar-refractivity contribution in [2.45, 2.75) is 13.1 Å². The van der Waals surface area contributed by atoms with Crippen LogP contribution in [0.2, 0.25) is 0 Å². The average molecular weight is 411 g/mol. The third kappa shape index (κ3) is 5.79. The molecule has 7 nitrogen and oxygen atoms in total. The van der Waals surface area contributed by atoms with Gasteiger partial charge in [0.2, 0.25) is 10.0 Å². The number of pyridine rings is 1. The van der Waals surface area contributed by atoms with E-state index < -0.39 is 16.0 Å². The van der Waals surface area contributed by atoms with Crippen LogP contribution in [0.4, 0.5) is 11.5 Å². The maximum Gasteiger partial charge on any atom is 0.339 e. The first-order valence-electron chi connectivity index (χ1n) is 8.86. The topological polar surface area (TPSA) is 99.6 Å². The molecule has 1 heterocycles. The zero-order valence-electron chi connectivity index (χ0n) is 15.8. The molecule has 29 heavy (non-hydrogen) atoms. The Balaban J connectivity index is 2.02. The summed E-state index contributed by atoms with van der Waals surface area (Å²) in [6.45, 7) is 0.893. The number of sulfonamides is 1. The SMILES string of the molecule is CS(=O)(=O)Nc1cnc(N(Cc2ccccc2)Cc2ccccc2)c(C(=O)O)c1. The van der Waals surface area contributed by atoms with E-state index in [9.17, 15) is 18.3 Å². The second kappa shape index (κ2) is 8.74. The third-order valence-corrected chi connectivity index (χ3v) is 4.74. The Morgan fingerprint density at radius 2 is 1.52 bits per heavy atom. The molecule has 0 radical (unpaired) electrons. The summed E-state index contributed by atoms with van der Waals surface area (Å²) < 4.78 is 25.2. The van der Waals surface area contributed by atoms with Gasteiger partial charge in [-0.3, -0.25) is 4.72 Å². The summed E-state index contributed by atoms with van der Waals surface area (Å²) in [5.41, 5.74) is 2.03. The van der Waals surface area contributed by atoms with Gasteiger partial charge in [-0.1, -0.05) is 60.7 Å². The molecule has 3 rings (SSSR count). The molecule has 0 saturated carbocycles. The lowest BCUT2D eigenvalue weighted by atomic mass is 10.1. The van der Waals surface area contributed by atoms with Crippen LogP contribution < -0.4 is 9.62 Å². The number of hydrogen-bond donors (Lipinski definition) is 2. The van der Waals surface area contributed by atoms with Gasteiger partial charge in [-0.15, -0.1) is 0 Å². The summed E-state index contributed by atoms with van der Waals surface area (Å²) in [5, 5.41) is 9.73. The van der Waals surface area contributed by atoms with E-state index in [1.807, 2.05) is 65.6 Å². The summed E-state index contributed by atoms with van der Waals surface area (Å²) in [5.74, 6) is -0.917. The Kier molecular flexibility index (Phi) is 6.13. The highest BCUT2D eigenvalue weighted by Crippen LogP contribution is 2.25. The van der Waals surface area contributed by atoms with Crippen molar-refractivity contribution in [1.82, 2.24) is 4.98 Å². The van der Waals surface area contributed by atoms with Crippen LogP contribution in [0.5, 0.6) is 0 Å². The predicted octanol–water partition coefficient (Wildman–Crippen LogP) is 3.36. The maximum absolute atomic E-state index is 11.9. The molecule has 150 valence electrons. The van der Waals surface area contributed by atoms with E-state index in [1.165, 1.54) is 12.3 Å². The van der Waals surface area contributed by atoms with Crippen LogP contribution in [0.15, 0.2) is 72.9 Å². The summed E-state index contributed by atoms with van der Waals surface area (Å²) in [6, 6.07) is 20.6. The van der Waals surface area contributed by atoms with Gasteiger partial charge in [0.05, 0.1) is 18.1 Å². The Bertz CT molecular complexity index is 1050. The van der Waals surface area contributed by atoms with Crippen LogP contribution in [0, 0.1) is 0 Å². The summed E-state index contributed by atoms with van der Waals surface area (Å²) in [7, 11) is -3.55. The van der Waals surface area contributed by atoms with Crippen LogP contribution in [0.1, 0.15) is 21.5 Å². The fourth-order valence-corrected chi connectivity index (χ4v) is 3.49. The van der Waals surface area contributed by atoms with Gasteiger partial charge in [-0.25, -0.2) is 18.2 Å². The van der Waals surface area contributed by atoms with Crippen molar-refractivity contribution in [1.29, 1.82) is 0 Å². The highest BCUT2D eigenvalue weighted by Gasteiger charge is 2.20. The van der Waals surface area contributed by atoms with E-state index in [1.54, 1.807) is 0 Å². The van der Waals surface area contributed by atoms with Crippen LogP contribution in [-0.2, 0) is 23.1 Å². The maximum atomic E-state index is 11.9. The van der Waals surface area contributed by atoms with Crippen molar-refractivity contribution in [2.24, 2.45) is 0 Å². The number of rotatable bonds is 8. The summed E-state index contributed by atoms with van der Waals surface area (Å²) in [4.78, 5) is 18.1. The van der Waals surface area contributed by atoms with E-state index in [2.05, 4.69) is 9.71 Å². The first-order chi connectivity index (χ1) is 13.8. The molecule has 0 atom stereocenters. The zero-order chi connectivity index (χ0) is 20.9. The number of benzene rings is 2. The van der Waals surface area contributed by atoms with Gasteiger partial charge >= 0.3 is 5.97 Å². The number of carboxylic acids is 1. The lowest BCUT2D eigenvalue weighted by Crippen LogP contribution is -2.25. The third-order valence-electron chi connectivity index (χ3n) is 4.13. The molecule has 2 N–H and O–H groups in total. The summed E-state index contributed by atoms with van der Waals surface area (Å²) >= 11 is 0. The number of nitrogens with one attached hydrogen (secondary N) is 1. The molecule has 3 aromatic rings.